The highest BCUT2D eigenvalue weighted by molar-refractivity contribution is 6.32. The summed E-state index contributed by atoms with van der Waals surface area (Å²) in [6.07, 6.45) is 1.27. The zero-order chi connectivity index (χ0) is 14.7. The van der Waals surface area contributed by atoms with Crippen molar-refractivity contribution in [2.75, 3.05) is 0 Å². The Morgan fingerprint density at radius 3 is 2.80 bits per heavy atom. The van der Waals surface area contributed by atoms with Crippen LogP contribution in [0, 0.1) is 11.2 Å². The third-order valence-electron chi connectivity index (χ3n) is 2.93. The Hall–Kier alpha value is -2.01. The first-order valence-electron chi connectivity index (χ1n) is 6.11. The normalized spacial score (nSPS) is 10.6. The van der Waals surface area contributed by atoms with Crippen molar-refractivity contribution in [2.24, 2.45) is 0 Å². The summed E-state index contributed by atoms with van der Waals surface area (Å²) in [5, 5.41) is 11.6. The number of aromatic nitrogens is 2. The lowest BCUT2D eigenvalue weighted by molar-refractivity contribution is 0.0982. The second-order valence-electron chi connectivity index (χ2n) is 4.22. The molecule has 0 aliphatic rings. The van der Waals surface area contributed by atoms with Crippen molar-refractivity contribution in [3.05, 3.63) is 52.1 Å². The van der Waals surface area contributed by atoms with Crippen LogP contribution in [0.5, 0.6) is 0 Å². The summed E-state index contributed by atoms with van der Waals surface area (Å²) in [5.74, 6) is -0.559. The van der Waals surface area contributed by atoms with E-state index >= 15 is 0 Å². The fourth-order valence-corrected chi connectivity index (χ4v) is 2.09. The minimum absolute atomic E-state index is 0.114. The highest BCUT2D eigenvalue weighted by atomic mass is 35.5. The maximum absolute atomic E-state index is 13.6. The van der Waals surface area contributed by atoms with E-state index in [-0.39, 0.29) is 41.0 Å². The summed E-state index contributed by atoms with van der Waals surface area (Å²) in [7, 11) is 0. The van der Waals surface area contributed by atoms with Crippen LogP contribution in [0.4, 0.5) is 4.39 Å². The van der Waals surface area contributed by atoms with E-state index < -0.39 is 0 Å². The monoisotopic (exact) mass is 293 g/mol. The average molecular weight is 294 g/mol. The standard InChI is InChI=1S/C14H13ClFN3O/c1-2-12(20)13-10(7-17)14(15)19(18-13)8-9-5-3-4-6-11(9)16/h3-7,17H,2,8H2,1H3. The van der Waals surface area contributed by atoms with Gasteiger partial charge in [-0.1, -0.05) is 36.7 Å². The number of nitrogens with zero attached hydrogens (tertiary/aromatic N) is 2. The van der Waals surface area contributed by atoms with Gasteiger partial charge in [0.15, 0.2) is 5.78 Å². The van der Waals surface area contributed by atoms with Gasteiger partial charge in [-0.3, -0.25) is 4.79 Å². The summed E-state index contributed by atoms with van der Waals surface area (Å²) < 4.78 is 15.0. The molecule has 0 atom stereocenters. The zero-order valence-corrected chi connectivity index (χ0v) is 11.6. The molecule has 4 nitrogen and oxygen atoms in total. The Balaban J connectivity index is 2.43. The van der Waals surface area contributed by atoms with Crippen molar-refractivity contribution >= 4 is 23.6 Å². The van der Waals surface area contributed by atoms with Gasteiger partial charge in [0.2, 0.25) is 0 Å². The van der Waals surface area contributed by atoms with Gasteiger partial charge in [0, 0.05) is 18.2 Å². The molecule has 2 rings (SSSR count). The maximum Gasteiger partial charge on any atom is 0.183 e. The van der Waals surface area contributed by atoms with Crippen LogP contribution in [-0.4, -0.2) is 21.8 Å². The molecule has 104 valence electrons. The minimum atomic E-state index is -0.362. The first kappa shape index (κ1) is 14.4. The fourth-order valence-electron chi connectivity index (χ4n) is 1.85. The third-order valence-corrected chi connectivity index (χ3v) is 3.33. The van der Waals surface area contributed by atoms with Gasteiger partial charge in [0.05, 0.1) is 12.1 Å². The van der Waals surface area contributed by atoms with Gasteiger partial charge < -0.3 is 5.41 Å². The van der Waals surface area contributed by atoms with Crippen molar-refractivity contribution in [3.8, 4) is 0 Å². The van der Waals surface area contributed by atoms with Crippen LogP contribution in [0.1, 0.15) is 35.0 Å². The molecule has 0 bridgehead atoms. The molecular formula is C14H13ClFN3O. The van der Waals surface area contributed by atoms with E-state index in [1.807, 2.05) is 0 Å². The van der Waals surface area contributed by atoms with Crippen LogP contribution >= 0.6 is 11.6 Å². The van der Waals surface area contributed by atoms with Gasteiger partial charge in [-0.05, 0) is 6.07 Å². The largest absolute Gasteiger partial charge is 0.308 e. The smallest absolute Gasteiger partial charge is 0.183 e. The molecule has 1 heterocycles. The van der Waals surface area contributed by atoms with Crippen LogP contribution in [0.15, 0.2) is 24.3 Å². The number of Topliss-reactive ketones (excluding diaryl/α,β-unsaturated/α-hetero) is 1. The van der Waals surface area contributed by atoms with Crippen molar-refractivity contribution < 1.29 is 9.18 Å². The number of carbonyl (C=O) groups is 1. The summed E-state index contributed by atoms with van der Waals surface area (Å²) in [5.41, 5.74) is 0.850. The van der Waals surface area contributed by atoms with Crippen molar-refractivity contribution in [2.45, 2.75) is 19.9 Å². The molecule has 20 heavy (non-hydrogen) atoms. The van der Waals surface area contributed by atoms with Crippen LogP contribution in [0.25, 0.3) is 0 Å². The first-order valence-corrected chi connectivity index (χ1v) is 6.49. The van der Waals surface area contributed by atoms with Crippen LogP contribution in [0.3, 0.4) is 0 Å². The molecule has 0 fully saturated rings. The van der Waals surface area contributed by atoms with Gasteiger partial charge in [-0.2, -0.15) is 5.10 Å². The lowest BCUT2D eigenvalue weighted by Gasteiger charge is -2.04. The number of halogens is 2. The predicted octanol–water partition coefficient (Wildman–Crippen LogP) is 3.31. The van der Waals surface area contributed by atoms with Gasteiger partial charge in [-0.15, -0.1) is 0 Å². The zero-order valence-electron chi connectivity index (χ0n) is 10.9. The molecule has 1 aromatic carbocycles. The molecule has 6 heteroatoms. The number of benzene rings is 1. The number of ketones is 1. The second kappa shape index (κ2) is 5.96. The van der Waals surface area contributed by atoms with Crippen LogP contribution in [-0.2, 0) is 6.54 Å². The lowest BCUT2D eigenvalue weighted by Crippen LogP contribution is -2.06. The highest BCUT2D eigenvalue weighted by Gasteiger charge is 2.19. The van der Waals surface area contributed by atoms with Gasteiger partial charge >= 0.3 is 0 Å². The van der Waals surface area contributed by atoms with E-state index in [1.165, 1.54) is 10.7 Å². The van der Waals surface area contributed by atoms with E-state index in [9.17, 15) is 9.18 Å². The molecule has 2 aromatic rings. The number of nitrogens with one attached hydrogen (secondary N) is 1. The molecular weight excluding hydrogens is 281 g/mol. The van der Waals surface area contributed by atoms with Gasteiger partial charge in [0.25, 0.3) is 0 Å². The second-order valence-corrected chi connectivity index (χ2v) is 4.58. The maximum atomic E-state index is 13.6. The first-order chi connectivity index (χ1) is 9.58. The topological polar surface area (TPSA) is 58.7 Å². The number of hydrogen-bond acceptors (Lipinski definition) is 3. The van der Waals surface area contributed by atoms with E-state index in [2.05, 4.69) is 5.10 Å². The molecule has 0 spiro atoms. The molecule has 0 saturated carbocycles. The Morgan fingerprint density at radius 1 is 1.50 bits per heavy atom. The Morgan fingerprint density at radius 2 is 2.20 bits per heavy atom. The van der Waals surface area contributed by atoms with E-state index in [1.54, 1.807) is 25.1 Å². The Kier molecular flexibility index (Phi) is 4.29. The quantitative estimate of drug-likeness (QED) is 0.679. The Bertz CT molecular complexity index is 666. The van der Waals surface area contributed by atoms with Gasteiger partial charge in [-0.25, -0.2) is 9.07 Å². The van der Waals surface area contributed by atoms with E-state index in [0.29, 0.717) is 5.56 Å². The molecule has 0 aliphatic carbocycles. The number of carbonyl (C=O) groups excluding carboxylic acids is 1. The molecule has 1 N–H and O–H groups in total. The summed E-state index contributed by atoms with van der Waals surface area (Å²) in [4.78, 5) is 11.8. The molecule has 0 radical (unpaired) electrons. The fraction of sp³-hybridized carbons (Fsp3) is 0.214. The number of hydrogen-bond donors (Lipinski definition) is 1. The van der Waals surface area contributed by atoms with Crippen molar-refractivity contribution in [3.63, 3.8) is 0 Å². The predicted molar refractivity (Wildman–Crippen MR) is 75.2 cm³/mol. The summed E-state index contributed by atoms with van der Waals surface area (Å²) in [6, 6.07) is 6.28. The SMILES string of the molecule is CCC(=O)c1nn(Cc2ccccc2F)c(Cl)c1C=N. The van der Waals surface area contributed by atoms with Crippen molar-refractivity contribution in [1.29, 1.82) is 5.41 Å². The molecule has 0 aliphatic heterocycles. The summed E-state index contributed by atoms with van der Waals surface area (Å²) >= 11 is 6.11. The average Bonchev–Trinajstić information content (AvgIpc) is 2.77. The molecule has 1 aromatic heterocycles. The third kappa shape index (κ3) is 2.63. The van der Waals surface area contributed by atoms with E-state index in [0.717, 1.165) is 6.21 Å². The van der Waals surface area contributed by atoms with E-state index in [4.69, 9.17) is 17.0 Å². The van der Waals surface area contributed by atoms with Crippen LogP contribution in [0.2, 0.25) is 5.15 Å². The van der Waals surface area contributed by atoms with Crippen molar-refractivity contribution in [1.82, 2.24) is 9.78 Å². The van der Waals surface area contributed by atoms with Gasteiger partial charge in [0.1, 0.15) is 16.7 Å². The highest BCUT2D eigenvalue weighted by Crippen LogP contribution is 2.21. The lowest BCUT2D eigenvalue weighted by atomic mass is 10.1. The van der Waals surface area contributed by atoms with Crippen LogP contribution < -0.4 is 0 Å². The molecule has 0 amide bonds. The molecule has 0 unspecified atom stereocenters. The number of rotatable bonds is 5. The Labute approximate surface area is 120 Å². The molecule has 0 saturated heterocycles. The minimum Gasteiger partial charge on any atom is -0.308 e. The summed E-state index contributed by atoms with van der Waals surface area (Å²) in [6.45, 7) is 1.82.